The lowest BCUT2D eigenvalue weighted by Crippen LogP contribution is -2.49. The molecule has 0 amide bonds. The highest BCUT2D eigenvalue weighted by Crippen LogP contribution is 2.58. The molecule has 46 heavy (non-hydrogen) atoms. The molecule has 0 aliphatic carbocycles. The zero-order valence-corrected chi connectivity index (χ0v) is 28.8. The zero-order valence-electron chi connectivity index (χ0n) is 27.2. The van der Waals surface area contributed by atoms with E-state index in [9.17, 15) is 8.42 Å². The molecule has 0 saturated carbocycles. The molecule has 0 aromatic heterocycles. The quantitative estimate of drug-likeness (QED) is 0.174. The number of aryl methyl sites for hydroxylation is 1. The number of ether oxygens (including phenoxy) is 1. The number of hydrogen-bond acceptors (Lipinski definition) is 6. The highest BCUT2D eigenvalue weighted by atomic mass is 32.2. The third kappa shape index (κ3) is 5.24. The van der Waals surface area contributed by atoms with Crippen molar-refractivity contribution in [1.29, 1.82) is 0 Å². The number of sulfonamides is 1. The second-order valence-electron chi connectivity index (χ2n) is 11.7. The van der Waals surface area contributed by atoms with Crippen molar-refractivity contribution in [1.82, 2.24) is 9.62 Å². The van der Waals surface area contributed by atoms with Crippen molar-refractivity contribution in [2.45, 2.75) is 45.1 Å². The first-order valence-corrected chi connectivity index (χ1v) is 18.0. The lowest BCUT2D eigenvalue weighted by atomic mass is 9.74. The van der Waals surface area contributed by atoms with E-state index < -0.39 is 15.6 Å². The molecule has 240 valence electrons. The summed E-state index contributed by atoms with van der Waals surface area (Å²) in [5, 5.41) is 0. The lowest BCUT2D eigenvalue weighted by molar-refractivity contribution is 0.261. The summed E-state index contributed by atoms with van der Waals surface area (Å²) >= 11 is 6.22. The number of hydrogen-bond donors (Lipinski definition) is 1. The van der Waals surface area contributed by atoms with E-state index in [0.717, 1.165) is 76.9 Å². The fraction of sp³-hybridized carbons (Fsp3) is 0.324. The molecule has 0 bridgehead atoms. The number of fused-ring (bicyclic) bond motifs is 6. The number of rotatable bonds is 11. The number of benzene rings is 4. The van der Waals surface area contributed by atoms with Crippen molar-refractivity contribution in [3.63, 3.8) is 0 Å². The Morgan fingerprint density at radius 2 is 1.30 bits per heavy atom. The van der Waals surface area contributed by atoms with Crippen LogP contribution >= 0.6 is 12.2 Å². The number of nitrogens with zero attached hydrogens (tertiary/aromatic N) is 3. The van der Waals surface area contributed by atoms with Crippen molar-refractivity contribution in [2.24, 2.45) is 0 Å². The Labute approximate surface area is 278 Å². The summed E-state index contributed by atoms with van der Waals surface area (Å²) in [6, 6.07) is 28.1. The highest BCUT2D eigenvalue weighted by molar-refractivity contribution is 7.89. The molecule has 0 radical (unpaired) electrons. The molecule has 6 rings (SSSR count). The van der Waals surface area contributed by atoms with E-state index in [1.54, 1.807) is 12.1 Å². The molecular formula is C37H42N4O3S2. The molecule has 4 aromatic carbocycles. The first-order chi connectivity index (χ1) is 22.2. The van der Waals surface area contributed by atoms with Crippen LogP contribution in [0.3, 0.4) is 0 Å². The normalized spacial score (nSPS) is 14.5. The van der Waals surface area contributed by atoms with Gasteiger partial charge in [-0.15, -0.1) is 0 Å². The van der Waals surface area contributed by atoms with Gasteiger partial charge in [-0.1, -0.05) is 66.3 Å². The molecule has 2 heterocycles. The van der Waals surface area contributed by atoms with Gasteiger partial charge in [0, 0.05) is 79.5 Å². The maximum atomic E-state index is 13.3. The molecule has 1 N–H and O–H groups in total. The van der Waals surface area contributed by atoms with Crippen LogP contribution in [-0.4, -0.2) is 57.6 Å². The van der Waals surface area contributed by atoms with E-state index in [0.29, 0.717) is 11.5 Å². The third-order valence-corrected chi connectivity index (χ3v) is 11.3. The van der Waals surface area contributed by atoms with Gasteiger partial charge < -0.3 is 19.4 Å². The highest BCUT2D eigenvalue weighted by Gasteiger charge is 2.54. The van der Waals surface area contributed by atoms with Gasteiger partial charge in [-0.25, -0.2) is 13.1 Å². The minimum Gasteiger partial charge on any atom is -0.456 e. The SMILES string of the molecule is CCN(CC)c1ccc2c(c1)Oc1cc(N(CC)CC)ccc1C21c2ccccc2C(=S)N1CCNS(=O)(=O)c1ccc(C)cc1. The predicted octanol–water partition coefficient (Wildman–Crippen LogP) is 7.05. The Bertz CT molecular complexity index is 1800. The Balaban J connectivity index is 1.51. The summed E-state index contributed by atoms with van der Waals surface area (Å²) in [6.45, 7) is 14.6. The van der Waals surface area contributed by atoms with Crippen molar-refractivity contribution >= 4 is 38.6 Å². The maximum absolute atomic E-state index is 13.3. The van der Waals surface area contributed by atoms with Gasteiger partial charge in [-0.2, -0.15) is 0 Å². The van der Waals surface area contributed by atoms with Crippen LogP contribution in [0.2, 0.25) is 0 Å². The molecule has 2 aliphatic heterocycles. The first kappa shape index (κ1) is 32.0. The Morgan fingerprint density at radius 1 is 0.761 bits per heavy atom. The van der Waals surface area contributed by atoms with E-state index in [4.69, 9.17) is 17.0 Å². The fourth-order valence-electron chi connectivity index (χ4n) is 6.99. The number of nitrogens with one attached hydrogen (secondary N) is 1. The molecule has 2 aliphatic rings. The molecular weight excluding hydrogens is 613 g/mol. The summed E-state index contributed by atoms with van der Waals surface area (Å²) in [4.78, 5) is 7.74. The number of thiocarbonyl (C=S) groups is 1. The summed E-state index contributed by atoms with van der Waals surface area (Å²) in [5.41, 5.74) is 6.39. The second-order valence-corrected chi connectivity index (χ2v) is 13.9. The first-order valence-electron chi connectivity index (χ1n) is 16.1. The minimum absolute atomic E-state index is 0.173. The van der Waals surface area contributed by atoms with Crippen LogP contribution in [0.15, 0.2) is 89.8 Å². The predicted molar refractivity (Wildman–Crippen MR) is 191 cm³/mol. The van der Waals surface area contributed by atoms with Gasteiger partial charge >= 0.3 is 0 Å². The molecule has 0 atom stereocenters. The summed E-state index contributed by atoms with van der Waals surface area (Å²) < 4.78 is 36.3. The van der Waals surface area contributed by atoms with Gasteiger partial charge in [-0.05, 0) is 64.4 Å². The standard InChI is InChI=1S/C37H42N4O3S2/c1-6-39(7-2)27-16-20-32-34(24-27)44-35-25-28(40(8-3)9-4)17-21-33(35)37(32)31-13-11-10-12-30(31)36(45)41(37)23-22-38-46(42,43)29-18-14-26(5)15-19-29/h10-21,24-25,38H,6-9,22-23H2,1-5H3. The van der Waals surface area contributed by atoms with E-state index in [2.05, 4.69) is 102 Å². The van der Waals surface area contributed by atoms with Crippen LogP contribution < -0.4 is 19.3 Å². The van der Waals surface area contributed by atoms with Crippen molar-refractivity contribution in [2.75, 3.05) is 49.1 Å². The number of anilines is 2. The molecule has 0 fully saturated rings. The van der Waals surface area contributed by atoms with Crippen molar-refractivity contribution in [3.8, 4) is 11.5 Å². The Morgan fingerprint density at radius 3 is 1.85 bits per heavy atom. The van der Waals surface area contributed by atoms with Gasteiger partial charge in [0.05, 0.1) is 4.90 Å². The van der Waals surface area contributed by atoms with E-state index >= 15 is 0 Å². The molecule has 0 saturated heterocycles. The van der Waals surface area contributed by atoms with Gasteiger partial charge in [0.25, 0.3) is 0 Å². The Kier molecular flexibility index (Phi) is 8.85. The molecule has 0 unspecified atom stereocenters. The minimum atomic E-state index is -3.71. The van der Waals surface area contributed by atoms with E-state index in [1.165, 1.54) is 0 Å². The Hall–Kier alpha value is -3.92. The van der Waals surface area contributed by atoms with E-state index in [-0.39, 0.29) is 11.4 Å². The van der Waals surface area contributed by atoms with Crippen LogP contribution in [0.4, 0.5) is 11.4 Å². The van der Waals surface area contributed by atoms with Crippen LogP contribution in [0.5, 0.6) is 11.5 Å². The van der Waals surface area contributed by atoms with Crippen LogP contribution in [0, 0.1) is 6.92 Å². The molecule has 4 aromatic rings. The second kappa shape index (κ2) is 12.7. The molecule has 1 spiro atoms. The summed E-state index contributed by atoms with van der Waals surface area (Å²) in [5.74, 6) is 1.55. The van der Waals surface area contributed by atoms with Gasteiger partial charge in [0.15, 0.2) is 0 Å². The monoisotopic (exact) mass is 654 g/mol. The largest absolute Gasteiger partial charge is 0.456 e. The van der Waals surface area contributed by atoms with Crippen molar-refractivity contribution in [3.05, 3.63) is 113 Å². The van der Waals surface area contributed by atoms with Crippen molar-refractivity contribution < 1.29 is 13.2 Å². The maximum Gasteiger partial charge on any atom is 0.240 e. The topological polar surface area (TPSA) is 65.1 Å². The lowest BCUT2D eigenvalue weighted by Gasteiger charge is -2.45. The average Bonchev–Trinajstić information content (AvgIpc) is 3.30. The molecule has 9 heteroatoms. The summed E-state index contributed by atoms with van der Waals surface area (Å²) in [6.07, 6.45) is 0. The van der Waals surface area contributed by atoms with E-state index in [1.807, 2.05) is 25.1 Å². The zero-order chi connectivity index (χ0) is 32.6. The van der Waals surface area contributed by atoms with Crippen LogP contribution in [0.1, 0.15) is 55.5 Å². The summed E-state index contributed by atoms with van der Waals surface area (Å²) in [7, 11) is -3.71. The van der Waals surface area contributed by atoms with Gasteiger partial charge in [0.2, 0.25) is 10.0 Å². The van der Waals surface area contributed by atoms with Gasteiger partial charge in [-0.3, -0.25) is 0 Å². The van der Waals surface area contributed by atoms with Gasteiger partial charge in [0.1, 0.15) is 22.0 Å². The molecule has 7 nitrogen and oxygen atoms in total. The smallest absolute Gasteiger partial charge is 0.240 e. The van der Waals surface area contributed by atoms with Crippen LogP contribution in [0.25, 0.3) is 0 Å². The third-order valence-electron chi connectivity index (χ3n) is 9.34. The average molecular weight is 655 g/mol. The fourth-order valence-corrected chi connectivity index (χ4v) is 8.42. The van der Waals surface area contributed by atoms with Crippen LogP contribution in [-0.2, 0) is 15.6 Å².